The summed E-state index contributed by atoms with van der Waals surface area (Å²) in [5, 5.41) is 0. The number of carbonyl (C=O) groups excluding carboxylic acids is 1. The first-order valence-corrected chi connectivity index (χ1v) is 7.80. The Morgan fingerprint density at radius 2 is 2.11 bits per heavy atom. The number of nitrogens with zero attached hydrogens (tertiary/aromatic N) is 1. The summed E-state index contributed by atoms with van der Waals surface area (Å²) in [5.74, 6) is 0.730. The second kappa shape index (κ2) is 6.69. The molecule has 4 heteroatoms. The predicted octanol–water partition coefficient (Wildman–Crippen LogP) is 3.98. The molecule has 0 aromatic carbocycles. The van der Waals surface area contributed by atoms with Gasteiger partial charge in [0.1, 0.15) is 5.78 Å². The third-order valence-electron chi connectivity index (χ3n) is 3.54. The molecule has 1 aromatic heterocycles. The number of carbonyl (C=O) groups is 1. The van der Waals surface area contributed by atoms with Crippen LogP contribution < -0.4 is 0 Å². The Morgan fingerprint density at radius 3 is 2.72 bits per heavy atom. The highest BCUT2D eigenvalue weighted by atomic mass is 35.5. The van der Waals surface area contributed by atoms with Crippen molar-refractivity contribution in [1.82, 2.24) is 4.90 Å². The van der Waals surface area contributed by atoms with E-state index in [4.69, 9.17) is 11.6 Å². The summed E-state index contributed by atoms with van der Waals surface area (Å²) in [6.45, 7) is 1.38. The van der Waals surface area contributed by atoms with Crippen LogP contribution in [0.3, 0.4) is 0 Å². The van der Waals surface area contributed by atoms with Gasteiger partial charge in [-0.3, -0.25) is 9.69 Å². The number of halogens is 1. The number of Topliss-reactive ketones (excluding diaryl/α,β-unsaturated/α-hetero) is 1. The van der Waals surface area contributed by atoms with Crippen molar-refractivity contribution in [2.45, 2.75) is 38.6 Å². The molecule has 0 spiro atoms. The number of rotatable bonds is 5. The van der Waals surface area contributed by atoms with Crippen LogP contribution in [-0.4, -0.2) is 24.3 Å². The van der Waals surface area contributed by atoms with Gasteiger partial charge in [-0.15, -0.1) is 11.3 Å². The molecular weight excluding hydrogens is 266 g/mol. The van der Waals surface area contributed by atoms with Crippen LogP contribution in [0.2, 0.25) is 4.34 Å². The molecular formula is C14H20ClNOS. The lowest BCUT2D eigenvalue weighted by molar-refractivity contribution is -0.124. The van der Waals surface area contributed by atoms with Gasteiger partial charge in [0.15, 0.2) is 0 Å². The highest BCUT2D eigenvalue weighted by Crippen LogP contribution is 2.25. The topological polar surface area (TPSA) is 20.3 Å². The molecule has 1 aliphatic rings. The molecule has 0 aliphatic heterocycles. The smallest absolute Gasteiger partial charge is 0.149 e. The average Bonchev–Trinajstić information content (AvgIpc) is 2.75. The normalized spacial score (nSPS) is 17.3. The third-order valence-corrected chi connectivity index (χ3v) is 4.76. The Hall–Kier alpha value is -0.380. The zero-order valence-corrected chi connectivity index (χ0v) is 12.4. The van der Waals surface area contributed by atoms with Crippen molar-refractivity contribution in [2.75, 3.05) is 13.6 Å². The zero-order chi connectivity index (χ0) is 13.0. The van der Waals surface area contributed by atoms with E-state index in [9.17, 15) is 4.79 Å². The van der Waals surface area contributed by atoms with Crippen LogP contribution in [0.5, 0.6) is 0 Å². The van der Waals surface area contributed by atoms with E-state index < -0.39 is 0 Å². The Morgan fingerprint density at radius 1 is 1.39 bits per heavy atom. The Labute approximate surface area is 118 Å². The van der Waals surface area contributed by atoms with Crippen molar-refractivity contribution in [1.29, 1.82) is 0 Å². The summed E-state index contributed by atoms with van der Waals surface area (Å²) < 4.78 is 0.817. The molecule has 0 saturated heterocycles. The highest BCUT2D eigenvalue weighted by molar-refractivity contribution is 7.16. The maximum Gasteiger partial charge on any atom is 0.149 e. The highest BCUT2D eigenvalue weighted by Gasteiger charge is 2.21. The molecule has 0 N–H and O–H groups in total. The second-order valence-corrected chi connectivity index (χ2v) is 6.98. The lowest BCUT2D eigenvalue weighted by Crippen LogP contribution is -2.30. The van der Waals surface area contributed by atoms with Crippen LogP contribution in [0, 0.1) is 5.92 Å². The third kappa shape index (κ3) is 4.08. The Balaban J connectivity index is 1.79. The minimum atomic E-state index is 0.313. The fourth-order valence-corrected chi connectivity index (χ4v) is 3.75. The van der Waals surface area contributed by atoms with Gasteiger partial charge in [0.2, 0.25) is 0 Å². The number of ketones is 1. The molecule has 1 heterocycles. The van der Waals surface area contributed by atoms with Gasteiger partial charge in [-0.25, -0.2) is 0 Å². The molecule has 1 fully saturated rings. The monoisotopic (exact) mass is 285 g/mol. The van der Waals surface area contributed by atoms with Gasteiger partial charge >= 0.3 is 0 Å². The van der Waals surface area contributed by atoms with Crippen LogP contribution in [0.15, 0.2) is 12.1 Å². The minimum absolute atomic E-state index is 0.313. The van der Waals surface area contributed by atoms with Gasteiger partial charge < -0.3 is 0 Å². The van der Waals surface area contributed by atoms with Crippen LogP contribution in [0.4, 0.5) is 0 Å². The second-order valence-electron chi connectivity index (χ2n) is 5.18. The fourth-order valence-electron chi connectivity index (χ4n) is 2.58. The van der Waals surface area contributed by atoms with E-state index in [1.165, 1.54) is 24.1 Å². The summed E-state index contributed by atoms with van der Waals surface area (Å²) in [7, 11) is 2.01. The average molecular weight is 286 g/mol. The molecule has 1 aliphatic carbocycles. The molecule has 0 bridgehead atoms. The first-order chi connectivity index (χ1) is 8.65. The van der Waals surface area contributed by atoms with Crippen molar-refractivity contribution in [3.8, 4) is 0 Å². The van der Waals surface area contributed by atoms with Crippen molar-refractivity contribution in [2.24, 2.45) is 5.92 Å². The van der Waals surface area contributed by atoms with Crippen LogP contribution in [0.1, 0.15) is 37.0 Å². The largest absolute Gasteiger partial charge is 0.298 e. The molecule has 1 saturated carbocycles. The summed E-state index contributed by atoms with van der Waals surface area (Å²) >= 11 is 7.50. The SMILES string of the molecule is CN(CC(=O)C1CCCCC1)Cc1ccc(Cl)s1. The van der Waals surface area contributed by atoms with E-state index in [1.807, 2.05) is 19.2 Å². The predicted molar refractivity (Wildman–Crippen MR) is 77.2 cm³/mol. The molecule has 0 unspecified atom stereocenters. The van der Waals surface area contributed by atoms with Gasteiger partial charge in [0.25, 0.3) is 0 Å². The fraction of sp³-hybridized carbons (Fsp3) is 0.643. The van der Waals surface area contributed by atoms with Crippen molar-refractivity contribution in [3.05, 3.63) is 21.3 Å². The standard InChI is InChI=1S/C14H20ClNOS/c1-16(9-12-7-8-14(15)18-12)10-13(17)11-5-3-2-4-6-11/h7-8,11H,2-6,9-10H2,1H3. The molecule has 0 atom stereocenters. The van der Waals surface area contributed by atoms with Gasteiger partial charge in [-0.2, -0.15) is 0 Å². The number of hydrogen-bond acceptors (Lipinski definition) is 3. The van der Waals surface area contributed by atoms with Gasteiger partial charge in [-0.05, 0) is 32.0 Å². The van der Waals surface area contributed by atoms with E-state index in [-0.39, 0.29) is 0 Å². The van der Waals surface area contributed by atoms with Gasteiger partial charge in [0.05, 0.1) is 10.9 Å². The van der Waals surface area contributed by atoms with Crippen LogP contribution in [0.25, 0.3) is 0 Å². The van der Waals surface area contributed by atoms with Crippen LogP contribution in [-0.2, 0) is 11.3 Å². The number of likely N-dealkylation sites (N-methyl/N-ethyl adjacent to an activating group) is 1. The lowest BCUT2D eigenvalue weighted by atomic mass is 9.86. The van der Waals surface area contributed by atoms with Crippen molar-refractivity contribution >= 4 is 28.7 Å². The van der Waals surface area contributed by atoms with E-state index in [1.54, 1.807) is 11.3 Å². The van der Waals surface area contributed by atoms with E-state index >= 15 is 0 Å². The maximum atomic E-state index is 12.1. The molecule has 0 radical (unpaired) electrons. The molecule has 1 aromatic rings. The first kappa shape index (κ1) is 14.0. The van der Waals surface area contributed by atoms with Crippen molar-refractivity contribution < 1.29 is 4.79 Å². The first-order valence-electron chi connectivity index (χ1n) is 6.60. The zero-order valence-electron chi connectivity index (χ0n) is 10.8. The van der Waals surface area contributed by atoms with Crippen molar-refractivity contribution in [3.63, 3.8) is 0 Å². The summed E-state index contributed by atoms with van der Waals surface area (Å²) in [6.07, 6.45) is 5.93. The van der Waals surface area contributed by atoms with E-state index in [2.05, 4.69) is 4.90 Å². The summed E-state index contributed by atoms with van der Waals surface area (Å²) in [6, 6.07) is 3.95. The lowest BCUT2D eigenvalue weighted by Gasteiger charge is -2.23. The molecule has 18 heavy (non-hydrogen) atoms. The Bertz CT molecular complexity index is 398. The van der Waals surface area contributed by atoms with Gasteiger partial charge in [-0.1, -0.05) is 30.9 Å². The van der Waals surface area contributed by atoms with E-state index in [0.717, 1.165) is 23.7 Å². The van der Waals surface area contributed by atoms with Gasteiger partial charge in [0, 0.05) is 17.3 Å². The number of hydrogen-bond donors (Lipinski definition) is 0. The number of thiophene rings is 1. The Kier molecular flexibility index (Phi) is 5.22. The van der Waals surface area contributed by atoms with E-state index in [0.29, 0.717) is 18.2 Å². The molecule has 100 valence electrons. The van der Waals surface area contributed by atoms with Crippen LogP contribution >= 0.6 is 22.9 Å². The molecule has 2 rings (SSSR count). The summed E-state index contributed by atoms with van der Waals surface area (Å²) in [4.78, 5) is 15.5. The molecule has 2 nitrogen and oxygen atoms in total. The maximum absolute atomic E-state index is 12.1. The molecule has 0 amide bonds. The minimum Gasteiger partial charge on any atom is -0.298 e. The quantitative estimate of drug-likeness (QED) is 0.815. The summed E-state index contributed by atoms with van der Waals surface area (Å²) in [5.41, 5.74) is 0.